The van der Waals surface area contributed by atoms with Gasteiger partial charge in [-0.15, -0.1) is 11.3 Å². The van der Waals surface area contributed by atoms with E-state index in [0.29, 0.717) is 18.4 Å². The van der Waals surface area contributed by atoms with Crippen molar-refractivity contribution < 1.29 is 4.92 Å². The summed E-state index contributed by atoms with van der Waals surface area (Å²) in [5.74, 6) is 0.893. The lowest BCUT2D eigenvalue weighted by molar-refractivity contribution is -0.389. The standard InChI is InChI=1S/C16H23N5O2S/c1-12(2)14-11-24-16(17-14)13-4-3-6-19(10-13)8-9-20-7-5-15(18-20)21(22)23/h5,7,11-13H,3-4,6,8-10H2,1-2H3/t13-/m1/s1. The molecule has 8 heteroatoms. The van der Waals surface area contributed by atoms with Crippen molar-refractivity contribution in [2.45, 2.75) is 45.1 Å². The Morgan fingerprint density at radius 2 is 2.29 bits per heavy atom. The van der Waals surface area contributed by atoms with E-state index < -0.39 is 4.92 Å². The van der Waals surface area contributed by atoms with Crippen molar-refractivity contribution in [3.8, 4) is 0 Å². The van der Waals surface area contributed by atoms with Gasteiger partial charge >= 0.3 is 5.82 Å². The minimum absolute atomic E-state index is 0.0875. The highest BCUT2D eigenvalue weighted by molar-refractivity contribution is 7.09. The van der Waals surface area contributed by atoms with Crippen LogP contribution in [0.1, 0.15) is 49.2 Å². The van der Waals surface area contributed by atoms with E-state index in [1.807, 2.05) is 0 Å². The number of aromatic nitrogens is 3. The molecule has 1 aliphatic heterocycles. The minimum atomic E-state index is -0.456. The number of piperidine rings is 1. The van der Waals surface area contributed by atoms with E-state index in [1.165, 1.54) is 29.6 Å². The molecule has 24 heavy (non-hydrogen) atoms. The molecule has 0 spiro atoms. The van der Waals surface area contributed by atoms with Gasteiger partial charge in [0.2, 0.25) is 0 Å². The normalized spacial score (nSPS) is 19.0. The second kappa shape index (κ2) is 7.40. The Balaban J connectivity index is 1.55. The Morgan fingerprint density at radius 1 is 1.46 bits per heavy atom. The van der Waals surface area contributed by atoms with E-state index in [9.17, 15) is 10.1 Å². The molecule has 7 nitrogen and oxygen atoms in total. The maximum atomic E-state index is 10.7. The van der Waals surface area contributed by atoms with Crippen molar-refractivity contribution in [1.82, 2.24) is 19.7 Å². The van der Waals surface area contributed by atoms with Crippen molar-refractivity contribution in [2.75, 3.05) is 19.6 Å². The lowest BCUT2D eigenvalue weighted by atomic mass is 9.98. The van der Waals surface area contributed by atoms with Gasteiger partial charge in [0.05, 0.1) is 34.6 Å². The Labute approximate surface area is 145 Å². The summed E-state index contributed by atoms with van der Waals surface area (Å²) < 4.78 is 1.65. The third kappa shape index (κ3) is 3.99. The highest BCUT2D eigenvalue weighted by atomic mass is 32.1. The van der Waals surface area contributed by atoms with Crippen LogP contribution in [-0.2, 0) is 6.54 Å². The molecule has 130 valence electrons. The highest BCUT2D eigenvalue weighted by Gasteiger charge is 2.24. The summed E-state index contributed by atoms with van der Waals surface area (Å²) in [5, 5.41) is 18.1. The van der Waals surface area contributed by atoms with Crippen LogP contribution in [0.25, 0.3) is 0 Å². The van der Waals surface area contributed by atoms with Crippen molar-refractivity contribution in [3.63, 3.8) is 0 Å². The SMILES string of the molecule is CC(C)c1csc([C@@H]2CCCN(CCn3ccc([N+](=O)[O-])n3)C2)n1. The number of hydrogen-bond acceptors (Lipinski definition) is 6. The average Bonchev–Trinajstić information content (AvgIpc) is 3.23. The van der Waals surface area contributed by atoms with Gasteiger partial charge in [-0.2, -0.15) is 4.68 Å². The van der Waals surface area contributed by atoms with E-state index in [-0.39, 0.29) is 5.82 Å². The van der Waals surface area contributed by atoms with E-state index in [0.717, 1.165) is 19.6 Å². The van der Waals surface area contributed by atoms with Crippen molar-refractivity contribution >= 4 is 17.2 Å². The molecule has 0 radical (unpaired) electrons. The van der Waals surface area contributed by atoms with E-state index in [1.54, 1.807) is 22.2 Å². The van der Waals surface area contributed by atoms with Crippen LogP contribution in [0.2, 0.25) is 0 Å². The number of hydrogen-bond donors (Lipinski definition) is 0. The molecule has 0 amide bonds. The topological polar surface area (TPSA) is 77.1 Å². The second-order valence-electron chi connectivity index (χ2n) is 6.60. The zero-order valence-corrected chi connectivity index (χ0v) is 14.9. The Kier molecular flexibility index (Phi) is 5.25. The molecule has 0 saturated carbocycles. The van der Waals surface area contributed by atoms with Crippen LogP contribution < -0.4 is 0 Å². The monoisotopic (exact) mass is 349 g/mol. The first kappa shape index (κ1) is 17.0. The Bertz CT molecular complexity index is 696. The molecule has 3 rings (SSSR count). The van der Waals surface area contributed by atoms with Gasteiger partial charge in [0.25, 0.3) is 0 Å². The summed E-state index contributed by atoms with van der Waals surface area (Å²) in [4.78, 5) is 17.5. The van der Waals surface area contributed by atoms with Crippen LogP contribution in [0.5, 0.6) is 0 Å². The lowest BCUT2D eigenvalue weighted by Gasteiger charge is -2.31. The quantitative estimate of drug-likeness (QED) is 0.591. The molecule has 2 aromatic heterocycles. The van der Waals surface area contributed by atoms with E-state index in [2.05, 4.69) is 29.2 Å². The Morgan fingerprint density at radius 3 is 2.96 bits per heavy atom. The first-order chi connectivity index (χ1) is 11.5. The maximum Gasteiger partial charge on any atom is 0.389 e. The fourth-order valence-corrected chi connectivity index (χ4v) is 4.14. The highest BCUT2D eigenvalue weighted by Crippen LogP contribution is 2.30. The summed E-state index contributed by atoms with van der Waals surface area (Å²) in [5.41, 5.74) is 1.19. The molecule has 1 saturated heterocycles. The molecule has 0 aromatic carbocycles. The van der Waals surface area contributed by atoms with Crippen LogP contribution in [-0.4, -0.2) is 44.2 Å². The minimum Gasteiger partial charge on any atom is -0.358 e. The summed E-state index contributed by atoms with van der Waals surface area (Å²) in [7, 11) is 0. The third-order valence-corrected chi connectivity index (χ3v) is 5.47. The van der Waals surface area contributed by atoms with Crippen LogP contribution >= 0.6 is 11.3 Å². The molecule has 3 heterocycles. The summed E-state index contributed by atoms with van der Waals surface area (Å²) >= 11 is 1.78. The first-order valence-corrected chi connectivity index (χ1v) is 9.26. The number of likely N-dealkylation sites (tertiary alicyclic amines) is 1. The molecule has 0 unspecified atom stereocenters. The van der Waals surface area contributed by atoms with Crippen molar-refractivity contribution in [1.29, 1.82) is 0 Å². The summed E-state index contributed by atoms with van der Waals surface area (Å²) in [6.45, 7) is 7.97. The summed E-state index contributed by atoms with van der Waals surface area (Å²) in [6.07, 6.45) is 4.03. The molecular weight excluding hydrogens is 326 g/mol. The van der Waals surface area contributed by atoms with Gasteiger partial charge in [-0.05, 0) is 30.2 Å². The number of nitrogens with zero attached hydrogens (tertiary/aromatic N) is 5. The fourth-order valence-electron chi connectivity index (χ4n) is 3.03. The van der Waals surface area contributed by atoms with Crippen LogP contribution in [0.4, 0.5) is 5.82 Å². The predicted octanol–water partition coefficient (Wildman–Crippen LogP) is 3.25. The average molecular weight is 349 g/mol. The number of rotatable bonds is 6. The maximum absolute atomic E-state index is 10.7. The molecule has 0 aliphatic carbocycles. The fraction of sp³-hybridized carbons (Fsp3) is 0.625. The third-order valence-electron chi connectivity index (χ3n) is 4.44. The predicted molar refractivity (Wildman–Crippen MR) is 93.5 cm³/mol. The van der Waals surface area contributed by atoms with Gasteiger partial charge in [0.15, 0.2) is 0 Å². The molecular formula is C16H23N5O2S. The van der Waals surface area contributed by atoms with Gasteiger partial charge in [-0.3, -0.25) is 0 Å². The Hall–Kier alpha value is -1.80. The molecule has 2 aromatic rings. The molecule has 1 fully saturated rings. The van der Waals surface area contributed by atoms with Crippen LogP contribution in [0, 0.1) is 10.1 Å². The van der Waals surface area contributed by atoms with Crippen molar-refractivity contribution in [2.24, 2.45) is 0 Å². The smallest absolute Gasteiger partial charge is 0.358 e. The van der Waals surface area contributed by atoms with Crippen molar-refractivity contribution in [3.05, 3.63) is 38.5 Å². The first-order valence-electron chi connectivity index (χ1n) is 8.38. The molecule has 1 atom stereocenters. The largest absolute Gasteiger partial charge is 0.389 e. The molecule has 0 bridgehead atoms. The number of nitro groups is 1. The number of thiazole rings is 1. The van der Waals surface area contributed by atoms with Gasteiger partial charge in [-0.25, -0.2) is 4.98 Å². The lowest BCUT2D eigenvalue weighted by Crippen LogP contribution is -2.36. The van der Waals surface area contributed by atoms with Crippen LogP contribution in [0.15, 0.2) is 17.6 Å². The van der Waals surface area contributed by atoms with Crippen LogP contribution in [0.3, 0.4) is 0 Å². The van der Waals surface area contributed by atoms with Gasteiger partial charge in [0, 0.05) is 24.4 Å². The summed E-state index contributed by atoms with van der Waals surface area (Å²) in [6, 6.07) is 1.45. The zero-order valence-electron chi connectivity index (χ0n) is 14.1. The second-order valence-corrected chi connectivity index (χ2v) is 7.49. The molecule has 0 N–H and O–H groups in total. The van der Waals surface area contributed by atoms with Gasteiger partial charge < -0.3 is 15.0 Å². The van der Waals surface area contributed by atoms with Gasteiger partial charge in [0.1, 0.15) is 0 Å². The van der Waals surface area contributed by atoms with Gasteiger partial charge in [-0.1, -0.05) is 13.8 Å². The van der Waals surface area contributed by atoms with E-state index in [4.69, 9.17) is 4.98 Å². The van der Waals surface area contributed by atoms with E-state index >= 15 is 0 Å². The zero-order chi connectivity index (χ0) is 17.1. The molecule has 1 aliphatic rings.